The first-order chi connectivity index (χ1) is 21.4. The molecule has 0 radical (unpaired) electrons. The normalized spacial score (nSPS) is 13.8. The van der Waals surface area contributed by atoms with Gasteiger partial charge in [0.25, 0.3) is 5.91 Å². The van der Waals surface area contributed by atoms with Crippen molar-refractivity contribution in [2.45, 2.75) is 31.5 Å². The Morgan fingerprint density at radius 2 is 1.89 bits per heavy atom. The number of halogens is 5. The number of hydrogen-bond donors (Lipinski definition) is 3. The molecule has 0 atom stereocenters. The highest BCUT2D eigenvalue weighted by molar-refractivity contribution is 7.20. The number of piperidine rings is 1. The number of nitrogens with zero attached hydrogens (tertiary/aromatic N) is 2. The van der Waals surface area contributed by atoms with E-state index in [9.17, 15) is 31.5 Å². The molecule has 3 N–H and O–H groups in total. The third-order valence-corrected chi connectivity index (χ3v) is 8.37. The second-order valence-electron chi connectivity index (χ2n) is 10.7. The van der Waals surface area contributed by atoms with E-state index in [0.717, 1.165) is 23.5 Å². The molecule has 45 heavy (non-hydrogen) atoms. The highest BCUT2D eigenvalue weighted by atomic mass is 32.1. The average molecular weight is 652 g/mol. The molecule has 4 rings (SSSR count). The molecule has 1 aromatic heterocycles. The number of likely N-dealkylation sites (N-methyl/N-ethyl adjacent to an activating group) is 1. The minimum Gasteiger partial charge on any atom is -0.461 e. The van der Waals surface area contributed by atoms with Gasteiger partial charge >= 0.3 is 6.18 Å². The molecule has 0 aliphatic carbocycles. The molecule has 0 saturated carbocycles. The van der Waals surface area contributed by atoms with Crippen LogP contribution in [0.5, 0.6) is 5.75 Å². The molecule has 2 amide bonds. The van der Waals surface area contributed by atoms with Crippen LogP contribution in [0.1, 0.15) is 33.6 Å². The van der Waals surface area contributed by atoms with Gasteiger partial charge in [0.2, 0.25) is 12.8 Å². The van der Waals surface area contributed by atoms with E-state index >= 15 is 0 Å². The van der Waals surface area contributed by atoms with Crippen LogP contribution in [0.15, 0.2) is 30.3 Å². The number of carbonyl (C=O) groups excluding carboxylic acids is 2. The van der Waals surface area contributed by atoms with E-state index in [2.05, 4.69) is 27.8 Å². The second-order valence-corrected chi connectivity index (χ2v) is 11.8. The molecule has 1 aliphatic rings. The van der Waals surface area contributed by atoms with Gasteiger partial charge in [0, 0.05) is 32.2 Å². The summed E-state index contributed by atoms with van der Waals surface area (Å²) < 4.78 is 73.9. The van der Waals surface area contributed by atoms with E-state index in [1.165, 1.54) is 7.05 Å². The quantitative estimate of drug-likeness (QED) is 0.206. The van der Waals surface area contributed by atoms with Gasteiger partial charge in [0.05, 0.1) is 46.0 Å². The monoisotopic (exact) mass is 651 g/mol. The highest BCUT2D eigenvalue weighted by Crippen LogP contribution is 2.39. The molecule has 1 saturated heterocycles. The zero-order chi connectivity index (χ0) is 32.7. The van der Waals surface area contributed by atoms with Crippen molar-refractivity contribution in [1.29, 1.82) is 0 Å². The Hall–Kier alpha value is -4.09. The van der Waals surface area contributed by atoms with E-state index in [1.54, 1.807) is 12.1 Å². The molecule has 0 bridgehead atoms. The molecule has 2 heterocycles. The van der Waals surface area contributed by atoms with Gasteiger partial charge < -0.3 is 30.5 Å². The standard InChI is InChI=1S/C31H34F5N5O3S/c1-37-30(43)21-14-26(44-18-32)25(15-23(21)33)38-11-5-8-27-22(16-31(34,35)36)20-6-4-7-24(29(20)45-27)39-19-9-12-41(13-10-19)28(42)17-40(2)3/h4,6-7,14-15,19,38-39H,9-13,16-18H2,1-3H3,(H,37,43). The predicted octanol–water partition coefficient (Wildman–Crippen LogP) is 5.24. The molecule has 242 valence electrons. The number of nitrogens with one attached hydrogen (secondary N) is 3. The number of rotatable bonds is 10. The van der Waals surface area contributed by atoms with Crippen LogP contribution in [0.25, 0.3) is 10.1 Å². The van der Waals surface area contributed by atoms with Crippen molar-refractivity contribution in [3.05, 3.63) is 52.2 Å². The number of hydrogen-bond acceptors (Lipinski definition) is 7. The summed E-state index contributed by atoms with van der Waals surface area (Å²) in [6.07, 6.45) is -4.23. The van der Waals surface area contributed by atoms with E-state index in [0.29, 0.717) is 48.2 Å². The molecule has 14 heteroatoms. The summed E-state index contributed by atoms with van der Waals surface area (Å²) in [7, 11) is 5.00. The van der Waals surface area contributed by atoms with Crippen molar-refractivity contribution < 1.29 is 36.3 Å². The first-order valence-corrected chi connectivity index (χ1v) is 15.0. The summed E-state index contributed by atoms with van der Waals surface area (Å²) in [6.45, 7) is 0.152. The Labute approximate surface area is 261 Å². The number of fused-ring (bicyclic) bond motifs is 1. The summed E-state index contributed by atoms with van der Waals surface area (Å²) in [6, 6.07) is 7.23. The lowest BCUT2D eigenvalue weighted by molar-refractivity contribution is -0.132. The maximum Gasteiger partial charge on any atom is 0.393 e. The van der Waals surface area contributed by atoms with Crippen LogP contribution in [0.2, 0.25) is 0 Å². The molecular formula is C31H34F5N5O3S. The molecule has 1 fully saturated rings. The van der Waals surface area contributed by atoms with Crippen LogP contribution in [0, 0.1) is 17.7 Å². The maximum absolute atomic E-state index is 14.5. The summed E-state index contributed by atoms with van der Waals surface area (Å²) >= 11 is 1.15. The van der Waals surface area contributed by atoms with E-state index in [-0.39, 0.29) is 45.9 Å². The van der Waals surface area contributed by atoms with Crippen LogP contribution in [-0.2, 0) is 11.2 Å². The van der Waals surface area contributed by atoms with Crippen molar-refractivity contribution in [1.82, 2.24) is 15.1 Å². The first kappa shape index (κ1) is 33.8. The molecule has 3 aromatic rings. The molecule has 2 aromatic carbocycles. The van der Waals surface area contributed by atoms with E-state index < -0.39 is 31.2 Å². The van der Waals surface area contributed by atoms with Crippen molar-refractivity contribution >= 4 is 44.6 Å². The lowest BCUT2D eigenvalue weighted by atomic mass is 10.0. The number of thiophene rings is 1. The van der Waals surface area contributed by atoms with Crippen molar-refractivity contribution in [3.8, 4) is 17.6 Å². The number of alkyl halides is 4. The van der Waals surface area contributed by atoms with Crippen molar-refractivity contribution in [2.24, 2.45) is 0 Å². The number of amides is 2. The summed E-state index contributed by atoms with van der Waals surface area (Å²) in [4.78, 5) is 28.2. The van der Waals surface area contributed by atoms with Crippen LogP contribution >= 0.6 is 11.3 Å². The van der Waals surface area contributed by atoms with Gasteiger partial charge in [0.1, 0.15) is 11.6 Å². The second kappa shape index (κ2) is 14.8. The topological polar surface area (TPSA) is 85.9 Å². The number of likely N-dealkylation sites (tertiary alicyclic amines) is 1. The van der Waals surface area contributed by atoms with Gasteiger partial charge in [-0.25, -0.2) is 8.78 Å². The summed E-state index contributed by atoms with van der Waals surface area (Å²) in [5, 5.41) is 8.98. The van der Waals surface area contributed by atoms with Crippen molar-refractivity contribution in [3.63, 3.8) is 0 Å². The highest BCUT2D eigenvalue weighted by Gasteiger charge is 2.31. The maximum atomic E-state index is 14.5. The van der Waals surface area contributed by atoms with Gasteiger partial charge in [-0.15, -0.1) is 11.3 Å². The molecule has 8 nitrogen and oxygen atoms in total. The third-order valence-electron chi connectivity index (χ3n) is 7.17. The fourth-order valence-corrected chi connectivity index (χ4v) is 6.24. The fraction of sp³-hybridized carbons (Fsp3) is 0.419. The number of ether oxygens (including phenoxy) is 1. The Morgan fingerprint density at radius 1 is 1.16 bits per heavy atom. The average Bonchev–Trinajstić information content (AvgIpc) is 3.32. The van der Waals surface area contributed by atoms with Crippen LogP contribution in [0.4, 0.5) is 33.3 Å². The lowest BCUT2D eigenvalue weighted by Gasteiger charge is -2.33. The number of anilines is 2. The third kappa shape index (κ3) is 8.76. The fourth-order valence-electron chi connectivity index (χ4n) is 5.07. The minimum absolute atomic E-state index is 0.0277. The van der Waals surface area contributed by atoms with Gasteiger partial charge in [-0.3, -0.25) is 9.59 Å². The predicted molar refractivity (Wildman–Crippen MR) is 165 cm³/mol. The summed E-state index contributed by atoms with van der Waals surface area (Å²) in [5.74, 6) is 3.94. The van der Waals surface area contributed by atoms with Crippen LogP contribution < -0.4 is 20.7 Å². The lowest BCUT2D eigenvalue weighted by Crippen LogP contribution is -2.45. The Morgan fingerprint density at radius 3 is 2.53 bits per heavy atom. The SMILES string of the molecule is CNC(=O)c1cc(OCF)c(NCC#Cc2sc3c(NC4CCN(C(=O)CN(C)C)CC4)cccc3c2CC(F)(F)F)cc1F. The zero-order valence-corrected chi connectivity index (χ0v) is 25.9. The van der Waals surface area contributed by atoms with Gasteiger partial charge in [-0.1, -0.05) is 24.0 Å². The molecule has 0 unspecified atom stereocenters. The molecule has 0 spiro atoms. The minimum atomic E-state index is -4.47. The Bertz CT molecular complexity index is 1590. The smallest absolute Gasteiger partial charge is 0.393 e. The Kier molecular flexibility index (Phi) is 11.1. The van der Waals surface area contributed by atoms with Crippen LogP contribution in [-0.4, -0.2) is 88.0 Å². The number of benzene rings is 2. The van der Waals surface area contributed by atoms with Crippen molar-refractivity contribution in [2.75, 3.05) is 64.8 Å². The largest absolute Gasteiger partial charge is 0.461 e. The van der Waals surface area contributed by atoms with Gasteiger partial charge in [0.15, 0.2) is 0 Å². The first-order valence-electron chi connectivity index (χ1n) is 14.2. The van der Waals surface area contributed by atoms with Crippen LogP contribution in [0.3, 0.4) is 0 Å². The van der Waals surface area contributed by atoms with Gasteiger partial charge in [-0.05, 0) is 50.0 Å². The summed E-state index contributed by atoms with van der Waals surface area (Å²) in [5.41, 5.74) is 0.447. The molecule has 1 aliphatic heterocycles. The number of carbonyl (C=O) groups is 2. The zero-order valence-electron chi connectivity index (χ0n) is 25.0. The Balaban J connectivity index is 1.55. The van der Waals surface area contributed by atoms with E-state index in [1.807, 2.05) is 30.0 Å². The van der Waals surface area contributed by atoms with E-state index in [4.69, 9.17) is 4.74 Å². The van der Waals surface area contributed by atoms with Gasteiger partial charge in [-0.2, -0.15) is 13.2 Å². The molecular weight excluding hydrogens is 617 g/mol.